The lowest BCUT2D eigenvalue weighted by Gasteiger charge is -2.41. The highest BCUT2D eigenvalue weighted by molar-refractivity contribution is 5.85. The minimum absolute atomic E-state index is 0. The van der Waals surface area contributed by atoms with E-state index < -0.39 is 0 Å². The Hall–Kier alpha value is -2.06. The van der Waals surface area contributed by atoms with E-state index in [4.69, 9.17) is 23.7 Å². The minimum Gasteiger partial charge on any atom is -0.493 e. The molecule has 7 nitrogen and oxygen atoms in total. The lowest BCUT2D eigenvalue weighted by atomic mass is 9.68. The van der Waals surface area contributed by atoms with E-state index in [1.807, 2.05) is 6.07 Å². The summed E-state index contributed by atoms with van der Waals surface area (Å²) in [5, 5.41) is 0. The minimum atomic E-state index is -0.0689. The Kier molecular flexibility index (Phi) is 16.7. The number of ether oxygens (including phenoxy) is 5. The number of likely N-dealkylation sites (N-methyl/N-ethyl adjacent to an activating group) is 2. The number of nitrogens with zero attached hydrogens (tertiary/aromatic N) is 2. The molecule has 0 amide bonds. The van der Waals surface area contributed by atoms with Crippen LogP contribution in [0.3, 0.4) is 0 Å². The summed E-state index contributed by atoms with van der Waals surface area (Å²) in [6.45, 7) is 7.54. The molecule has 0 spiro atoms. The maximum Gasteiger partial charge on any atom is 0.203 e. The van der Waals surface area contributed by atoms with Crippen molar-refractivity contribution in [3.63, 3.8) is 0 Å². The highest BCUT2D eigenvalue weighted by Crippen LogP contribution is 2.45. The SMILES string of the molecule is COc1ccc(CCN(C)CCCC(CN(C)C)(c2cc(OC)c(OC)c(OC)c2)C(C)C)cc1OC.Cl.Cl. The van der Waals surface area contributed by atoms with Gasteiger partial charge < -0.3 is 33.5 Å². The molecule has 39 heavy (non-hydrogen) atoms. The molecule has 0 aliphatic rings. The molecule has 2 aromatic carbocycles. The van der Waals surface area contributed by atoms with Crippen molar-refractivity contribution in [3.8, 4) is 28.7 Å². The van der Waals surface area contributed by atoms with Gasteiger partial charge in [-0.2, -0.15) is 0 Å². The Morgan fingerprint density at radius 2 is 1.28 bits per heavy atom. The largest absolute Gasteiger partial charge is 0.493 e. The van der Waals surface area contributed by atoms with Crippen LogP contribution in [0.5, 0.6) is 28.7 Å². The molecule has 0 fully saturated rings. The van der Waals surface area contributed by atoms with Crippen molar-refractivity contribution < 1.29 is 23.7 Å². The molecule has 224 valence electrons. The number of benzene rings is 2. The maximum absolute atomic E-state index is 5.70. The molecule has 0 aromatic heterocycles. The van der Waals surface area contributed by atoms with Crippen LogP contribution in [0.4, 0.5) is 0 Å². The average molecular weight is 590 g/mol. The standard InChI is InChI=1S/C30H48N2O5.2ClH/c1-22(2)30(21-31(3)4,24-19-27(35-8)29(37-10)28(20-24)36-9)15-11-16-32(5)17-14-23-12-13-25(33-6)26(18-23)34-7;;/h12-13,18-20,22H,11,14-17,21H2,1-10H3;2*1H. The summed E-state index contributed by atoms with van der Waals surface area (Å²) in [6, 6.07) is 10.4. The zero-order valence-corrected chi connectivity index (χ0v) is 27.1. The fourth-order valence-corrected chi connectivity index (χ4v) is 5.18. The van der Waals surface area contributed by atoms with Crippen LogP contribution in [-0.4, -0.2) is 86.1 Å². The molecular formula is C30H50Cl2N2O5. The summed E-state index contributed by atoms with van der Waals surface area (Å²) < 4.78 is 27.8. The molecule has 0 heterocycles. The predicted molar refractivity (Wildman–Crippen MR) is 166 cm³/mol. The number of rotatable bonds is 16. The van der Waals surface area contributed by atoms with Gasteiger partial charge in [0, 0.05) is 18.5 Å². The zero-order valence-electron chi connectivity index (χ0n) is 25.5. The first-order valence-corrected chi connectivity index (χ1v) is 13.0. The Morgan fingerprint density at radius 1 is 0.718 bits per heavy atom. The van der Waals surface area contributed by atoms with Crippen molar-refractivity contribution in [2.45, 2.75) is 38.5 Å². The van der Waals surface area contributed by atoms with Crippen molar-refractivity contribution in [3.05, 3.63) is 41.5 Å². The summed E-state index contributed by atoms with van der Waals surface area (Å²) in [6.07, 6.45) is 3.07. The van der Waals surface area contributed by atoms with Gasteiger partial charge >= 0.3 is 0 Å². The van der Waals surface area contributed by atoms with Gasteiger partial charge in [-0.3, -0.25) is 0 Å². The normalized spacial score (nSPS) is 12.4. The molecule has 0 bridgehead atoms. The first kappa shape index (κ1) is 36.9. The van der Waals surface area contributed by atoms with Crippen molar-refractivity contribution in [1.82, 2.24) is 9.80 Å². The Balaban J connectivity index is 0.00000722. The van der Waals surface area contributed by atoms with Gasteiger partial charge in [-0.05, 0) is 88.3 Å². The van der Waals surface area contributed by atoms with Crippen LogP contribution in [0.2, 0.25) is 0 Å². The van der Waals surface area contributed by atoms with Crippen molar-refractivity contribution >= 4 is 24.8 Å². The van der Waals surface area contributed by atoms with E-state index in [2.05, 4.69) is 69.1 Å². The lowest BCUT2D eigenvalue weighted by molar-refractivity contribution is 0.190. The van der Waals surface area contributed by atoms with E-state index in [1.54, 1.807) is 35.5 Å². The molecule has 0 saturated heterocycles. The van der Waals surface area contributed by atoms with Crippen molar-refractivity contribution in [2.75, 3.05) is 76.3 Å². The highest BCUT2D eigenvalue weighted by atomic mass is 35.5. The molecule has 0 saturated carbocycles. The molecule has 0 aliphatic heterocycles. The quantitative estimate of drug-likeness (QED) is 0.239. The smallest absolute Gasteiger partial charge is 0.203 e. The van der Waals surface area contributed by atoms with Crippen LogP contribution < -0.4 is 23.7 Å². The summed E-state index contributed by atoms with van der Waals surface area (Å²) in [5.41, 5.74) is 2.39. The van der Waals surface area contributed by atoms with Gasteiger partial charge in [-0.1, -0.05) is 19.9 Å². The second-order valence-corrected chi connectivity index (χ2v) is 10.3. The highest BCUT2D eigenvalue weighted by Gasteiger charge is 2.37. The Morgan fingerprint density at radius 3 is 1.74 bits per heavy atom. The third kappa shape index (κ3) is 9.52. The zero-order chi connectivity index (χ0) is 27.6. The molecule has 9 heteroatoms. The van der Waals surface area contributed by atoms with Crippen LogP contribution in [0.1, 0.15) is 37.8 Å². The van der Waals surface area contributed by atoms with Gasteiger partial charge in [0.05, 0.1) is 35.5 Å². The van der Waals surface area contributed by atoms with Gasteiger partial charge in [-0.15, -0.1) is 24.8 Å². The van der Waals surface area contributed by atoms with E-state index in [9.17, 15) is 0 Å². The number of hydrogen-bond donors (Lipinski definition) is 0. The molecule has 0 aliphatic carbocycles. The third-order valence-electron chi connectivity index (χ3n) is 7.34. The van der Waals surface area contributed by atoms with E-state index in [0.29, 0.717) is 23.2 Å². The number of methoxy groups -OCH3 is 5. The van der Waals surface area contributed by atoms with Gasteiger partial charge in [0.1, 0.15) is 0 Å². The number of hydrogen-bond acceptors (Lipinski definition) is 7. The van der Waals surface area contributed by atoms with Gasteiger partial charge in [0.25, 0.3) is 0 Å². The molecule has 1 unspecified atom stereocenters. The topological polar surface area (TPSA) is 52.6 Å². The monoisotopic (exact) mass is 588 g/mol. The molecule has 0 N–H and O–H groups in total. The first-order chi connectivity index (χ1) is 17.6. The first-order valence-electron chi connectivity index (χ1n) is 13.0. The summed E-state index contributed by atoms with van der Waals surface area (Å²) in [4.78, 5) is 4.69. The summed E-state index contributed by atoms with van der Waals surface area (Å²) in [5.74, 6) is 3.98. The van der Waals surface area contributed by atoms with Crippen LogP contribution in [0.25, 0.3) is 0 Å². The van der Waals surface area contributed by atoms with Gasteiger partial charge in [0.15, 0.2) is 23.0 Å². The fraction of sp³-hybridized carbons (Fsp3) is 0.600. The summed E-state index contributed by atoms with van der Waals surface area (Å²) >= 11 is 0. The summed E-state index contributed by atoms with van der Waals surface area (Å²) in [7, 11) is 14.8. The Bertz CT molecular complexity index is 965. The predicted octanol–water partition coefficient (Wildman–Crippen LogP) is 5.98. The van der Waals surface area contributed by atoms with E-state index in [1.165, 1.54) is 11.1 Å². The average Bonchev–Trinajstić information content (AvgIpc) is 2.89. The van der Waals surface area contributed by atoms with Gasteiger partial charge in [0.2, 0.25) is 5.75 Å². The van der Waals surface area contributed by atoms with Crippen LogP contribution in [-0.2, 0) is 11.8 Å². The van der Waals surface area contributed by atoms with E-state index in [-0.39, 0.29) is 30.2 Å². The van der Waals surface area contributed by atoms with E-state index in [0.717, 1.165) is 50.4 Å². The van der Waals surface area contributed by atoms with Crippen molar-refractivity contribution in [2.24, 2.45) is 5.92 Å². The van der Waals surface area contributed by atoms with Crippen LogP contribution in [0.15, 0.2) is 30.3 Å². The van der Waals surface area contributed by atoms with Crippen LogP contribution in [0, 0.1) is 5.92 Å². The van der Waals surface area contributed by atoms with Gasteiger partial charge in [-0.25, -0.2) is 0 Å². The Labute approximate surface area is 248 Å². The second kappa shape index (κ2) is 17.6. The third-order valence-corrected chi connectivity index (χ3v) is 7.34. The second-order valence-electron chi connectivity index (χ2n) is 10.3. The number of halogens is 2. The molecule has 2 aromatic rings. The van der Waals surface area contributed by atoms with E-state index >= 15 is 0 Å². The molecule has 1 atom stereocenters. The fourth-order valence-electron chi connectivity index (χ4n) is 5.18. The molecule has 2 rings (SSSR count). The lowest BCUT2D eigenvalue weighted by Crippen LogP contribution is -2.43. The van der Waals surface area contributed by atoms with Crippen LogP contribution >= 0.6 is 24.8 Å². The maximum atomic E-state index is 5.70. The van der Waals surface area contributed by atoms with Crippen molar-refractivity contribution in [1.29, 1.82) is 0 Å². The molecular weight excluding hydrogens is 539 g/mol. The molecule has 0 radical (unpaired) electrons.